The van der Waals surface area contributed by atoms with Crippen LogP contribution in [0, 0.1) is 10.1 Å². The lowest BCUT2D eigenvalue weighted by molar-refractivity contribution is -0.384. The molecule has 0 saturated heterocycles. The molecule has 4 aromatic rings. The third-order valence-electron chi connectivity index (χ3n) is 4.46. The van der Waals surface area contributed by atoms with Crippen LogP contribution < -0.4 is 0 Å². The summed E-state index contributed by atoms with van der Waals surface area (Å²) in [6.45, 7) is 0. The number of phenolic OH excluding ortho intramolecular Hbond substituents is 1. The molecule has 0 unspecified atom stereocenters. The van der Waals surface area contributed by atoms with Crippen molar-refractivity contribution in [2.45, 2.75) is 0 Å². The van der Waals surface area contributed by atoms with Gasteiger partial charge in [-0.25, -0.2) is 4.68 Å². The van der Waals surface area contributed by atoms with Crippen LogP contribution >= 0.6 is 0 Å². The first-order chi connectivity index (χ1) is 14.1. The van der Waals surface area contributed by atoms with Crippen LogP contribution in [0.25, 0.3) is 29.1 Å². The van der Waals surface area contributed by atoms with E-state index in [1.54, 1.807) is 28.9 Å². The molecule has 0 aliphatic rings. The number of hydrogen-bond acceptors (Lipinski definition) is 4. The maximum atomic E-state index is 10.8. The lowest BCUT2D eigenvalue weighted by Gasteiger charge is -2.08. The van der Waals surface area contributed by atoms with Gasteiger partial charge in [0, 0.05) is 17.7 Å². The number of nitro groups is 1. The van der Waals surface area contributed by atoms with Crippen molar-refractivity contribution in [1.29, 1.82) is 0 Å². The molecule has 1 aromatic heterocycles. The van der Waals surface area contributed by atoms with Crippen molar-refractivity contribution in [3.8, 4) is 22.7 Å². The zero-order valence-corrected chi connectivity index (χ0v) is 15.3. The Bertz CT molecular complexity index is 1180. The Balaban J connectivity index is 1.73. The van der Waals surface area contributed by atoms with Crippen molar-refractivity contribution < 1.29 is 10.0 Å². The van der Waals surface area contributed by atoms with Gasteiger partial charge in [-0.1, -0.05) is 36.4 Å². The molecule has 6 heteroatoms. The quantitative estimate of drug-likeness (QED) is 0.373. The highest BCUT2D eigenvalue weighted by Gasteiger charge is 2.13. The van der Waals surface area contributed by atoms with E-state index in [4.69, 9.17) is 0 Å². The molecular formula is C23H17N3O3. The summed E-state index contributed by atoms with van der Waals surface area (Å²) in [6, 6.07) is 25.0. The lowest BCUT2D eigenvalue weighted by Crippen LogP contribution is -1.98. The minimum atomic E-state index is -0.423. The largest absolute Gasteiger partial charge is 0.507 e. The summed E-state index contributed by atoms with van der Waals surface area (Å²) in [5.74, 6) is 0.176. The molecule has 0 bridgehead atoms. The van der Waals surface area contributed by atoms with Crippen molar-refractivity contribution in [3.63, 3.8) is 0 Å². The first kappa shape index (κ1) is 18.2. The average molecular weight is 383 g/mol. The SMILES string of the molecule is O=[N+]([O-])c1ccc(C=Cc2cc(-c3ccccc3O)n(-c3ccccc3)n2)cc1. The van der Waals surface area contributed by atoms with E-state index < -0.39 is 4.92 Å². The van der Waals surface area contributed by atoms with E-state index >= 15 is 0 Å². The van der Waals surface area contributed by atoms with Crippen LogP contribution in [0.1, 0.15) is 11.3 Å². The number of phenols is 1. The lowest BCUT2D eigenvalue weighted by atomic mass is 10.1. The maximum Gasteiger partial charge on any atom is 0.269 e. The number of rotatable bonds is 5. The molecule has 29 heavy (non-hydrogen) atoms. The zero-order chi connectivity index (χ0) is 20.2. The molecule has 0 atom stereocenters. The first-order valence-electron chi connectivity index (χ1n) is 8.98. The minimum absolute atomic E-state index is 0.0531. The molecule has 0 aliphatic heterocycles. The van der Waals surface area contributed by atoms with Crippen molar-refractivity contribution >= 4 is 17.8 Å². The van der Waals surface area contributed by atoms with Crippen LogP contribution in [-0.2, 0) is 0 Å². The van der Waals surface area contributed by atoms with Gasteiger partial charge in [-0.05, 0) is 54.1 Å². The Morgan fingerprint density at radius 3 is 2.28 bits per heavy atom. The molecule has 0 amide bonds. The van der Waals surface area contributed by atoms with Gasteiger partial charge < -0.3 is 5.11 Å². The third kappa shape index (κ3) is 3.91. The number of para-hydroxylation sites is 2. The molecule has 4 rings (SSSR count). The molecule has 3 aromatic carbocycles. The Labute approximate surface area is 167 Å². The van der Waals surface area contributed by atoms with Gasteiger partial charge in [0.1, 0.15) is 5.75 Å². The van der Waals surface area contributed by atoms with E-state index in [0.29, 0.717) is 11.3 Å². The average Bonchev–Trinajstić information content (AvgIpc) is 3.17. The zero-order valence-electron chi connectivity index (χ0n) is 15.3. The standard InChI is InChI=1S/C23H17N3O3/c27-23-9-5-4-8-21(23)22-16-18(24-25(22)19-6-2-1-3-7-19)13-10-17-11-14-20(15-12-17)26(28)29/h1-16,27H. The van der Waals surface area contributed by atoms with Crippen LogP contribution in [0.2, 0.25) is 0 Å². The van der Waals surface area contributed by atoms with Gasteiger partial charge in [-0.3, -0.25) is 10.1 Å². The van der Waals surface area contributed by atoms with Crippen LogP contribution in [0.4, 0.5) is 5.69 Å². The van der Waals surface area contributed by atoms with Crippen LogP contribution in [0.5, 0.6) is 5.75 Å². The Morgan fingerprint density at radius 1 is 0.897 bits per heavy atom. The normalized spacial score (nSPS) is 11.0. The summed E-state index contributed by atoms with van der Waals surface area (Å²) in [5, 5.41) is 25.8. The molecule has 1 heterocycles. The van der Waals surface area contributed by atoms with Crippen molar-refractivity contribution in [1.82, 2.24) is 9.78 Å². The van der Waals surface area contributed by atoms with Gasteiger partial charge >= 0.3 is 0 Å². The van der Waals surface area contributed by atoms with E-state index in [2.05, 4.69) is 5.10 Å². The fourth-order valence-corrected chi connectivity index (χ4v) is 3.02. The van der Waals surface area contributed by atoms with E-state index in [1.807, 2.05) is 60.7 Å². The Kier molecular flexibility index (Phi) is 4.90. The van der Waals surface area contributed by atoms with Crippen molar-refractivity contribution in [2.24, 2.45) is 0 Å². The summed E-state index contributed by atoms with van der Waals surface area (Å²) >= 11 is 0. The van der Waals surface area contributed by atoms with E-state index in [0.717, 1.165) is 16.9 Å². The summed E-state index contributed by atoms with van der Waals surface area (Å²) in [7, 11) is 0. The van der Waals surface area contributed by atoms with Gasteiger partial charge in [0.25, 0.3) is 5.69 Å². The number of nitrogens with zero attached hydrogens (tertiary/aromatic N) is 3. The number of aromatic hydroxyl groups is 1. The van der Waals surface area contributed by atoms with E-state index in [9.17, 15) is 15.2 Å². The molecular weight excluding hydrogens is 366 g/mol. The van der Waals surface area contributed by atoms with Gasteiger partial charge in [0.15, 0.2) is 0 Å². The second kappa shape index (κ2) is 7.82. The van der Waals surface area contributed by atoms with E-state index in [1.165, 1.54) is 12.1 Å². The second-order valence-electron chi connectivity index (χ2n) is 6.40. The third-order valence-corrected chi connectivity index (χ3v) is 4.46. The molecule has 0 aliphatic carbocycles. The number of nitro benzene ring substituents is 1. The topological polar surface area (TPSA) is 81.2 Å². The fraction of sp³-hybridized carbons (Fsp3) is 0. The first-order valence-corrected chi connectivity index (χ1v) is 8.98. The predicted octanol–water partition coefficient (Wildman–Crippen LogP) is 5.32. The van der Waals surface area contributed by atoms with Gasteiger partial charge in [0.2, 0.25) is 0 Å². The minimum Gasteiger partial charge on any atom is -0.507 e. The Hall–Kier alpha value is -4.19. The molecule has 0 radical (unpaired) electrons. The highest BCUT2D eigenvalue weighted by Crippen LogP contribution is 2.31. The smallest absolute Gasteiger partial charge is 0.269 e. The number of hydrogen-bond donors (Lipinski definition) is 1. The summed E-state index contributed by atoms with van der Waals surface area (Å²) in [5.41, 5.74) is 3.90. The monoisotopic (exact) mass is 383 g/mol. The number of non-ortho nitro benzene ring substituents is 1. The van der Waals surface area contributed by atoms with Crippen molar-refractivity contribution in [2.75, 3.05) is 0 Å². The number of benzene rings is 3. The molecule has 142 valence electrons. The summed E-state index contributed by atoms with van der Waals surface area (Å²) in [6.07, 6.45) is 3.68. The fourth-order valence-electron chi connectivity index (χ4n) is 3.02. The van der Waals surface area contributed by atoms with Crippen LogP contribution in [0.15, 0.2) is 84.9 Å². The summed E-state index contributed by atoms with van der Waals surface area (Å²) < 4.78 is 1.78. The summed E-state index contributed by atoms with van der Waals surface area (Å²) in [4.78, 5) is 10.4. The molecule has 0 fully saturated rings. The molecule has 1 N–H and O–H groups in total. The molecule has 0 spiro atoms. The highest BCUT2D eigenvalue weighted by atomic mass is 16.6. The molecule has 0 saturated carbocycles. The predicted molar refractivity (Wildman–Crippen MR) is 113 cm³/mol. The van der Waals surface area contributed by atoms with E-state index in [-0.39, 0.29) is 11.4 Å². The van der Waals surface area contributed by atoms with Crippen LogP contribution in [-0.4, -0.2) is 19.8 Å². The van der Waals surface area contributed by atoms with Crippen molar-refractivity contribution in [3.05, 3.63) is 106 Å². The highest BCUT2D eigenvalue weighted by molar-refractivity contribution is 5.74. The second-order valence-corrected chi connectivity index (χ2v) is 6.40. The van der Waals surface area contributed by atoms with Gasteiger partial charge in [0.05, 0.1) is 22.0 Å². The molecule has 6 nitrogen and oxygen atoms in total. The van der Waals surface area contributed by atoms with Gasteiger partial charge in [-0.2, -0.15) is 5.10 Å². The number of aromatic nitrogens is 2. The Morgan fingerprint density at radius 2 is 1.59 bits per heavy atom. The maximum absolute atomic E-state index is 10.8. The van der Waals surface area contributed by atoms with Gasteiger partial charge in [-0.15, -0.1) is 0 Å². The van der Waals surface area contributed by atoms with Crippen LogP contribution in [0.3, 0.4) is 0 Å².